The second-order valence-corrected chi connectivity index (χ2v) is 5.21. The Labute approximate surface area is 99.1 Å². The third kappa shape index (κ3) is 1.82. The highest BCUT2D eigenvalue weighted by Crippen LogP contribution is 2.34. The summed E-state index contributed by atoms with van der Waals surface area (Å²) in [4.78, 5) is 0. The van der Waals surface area contributed by atoms with E-state index in [9.17, 15) is 0 Å². The lowest BCUT2D eigenvalue weighted by molar-refractivity contribution is 1.09. The molecular weight excluding hydrogens is 284 g/mol. The highest BCUT2D eigenvalue weighted by molar-refractivity contribution is 9.10. The molecule has 1 aromatic heterocycles. The summed E-state index contributed by atoms with van der Waals surface area (Å²) in [5, 5.41) is 8.65. The first-order chi connectivity index (χ1) is 6.68. The van der Waals surface area contributed by atoms with Gasteiger partial charge in [0.05, 0.1) is 0 Å². The van der Waals surface area contributed by atoms with Crippen molar-refractivity contribution in [2.75, 3.05) is 0 Å². The summed E-state index contributed by atoms with van der Waals surface area (Å²) >= 11 is 10.6. The summed E-state index contributed by atoms with van der Waals surface area (Å²) in [5.41, 5.74) is 2.23. The summed E-state index contributed by atoms with van der Waals surface area (Å²) in [7, 11) is 0. The van der Waals surface area contributed by atoms with Gasteiger partial charge in [-0.1, -0.05) is 39.4 Å². The lowest BCUT2D eigenvalue weighted by Gasteiger charge is -2.03. The zero-order valence-electron chi connectivity index (χ0n) is 7.29. The van der Waals surface area contributed by atoms with E-state index < -0.39 is 0 Å². The SMILES string of the molecule is Cc1cccc(Br)c1-c1nnc(Cl)s1. The molecule has 0 amide bonds. The van der Waals surface area contributed by atoms with Crippen molar-refractivity contribution in [2.45, 2.75) is 6.92 Å². The van der Waals surface area contributed by atoms with Crippen molar-refractivity contribution >= 4 is 38.9 Å². The molecule has 2 nitrogen and oxygen atoms in total. The van der Waals surface area contributed by atoms with Crippen LogP contribution >= 0.6 is 38.9 Å². The van der Waals surface area contributed by atoms with Gasteiger partial charge < -0.3 is 0 Å². The molecule has 0 aliphatic rings. The van der Waals surface area contributed by atoms with Crippen LogP contribution in [0.3, 0.4) is 0 Å². The van der Waals surface area contributed by atoms with Gasteiger partial charge in [0.2, 0.25) is 4.47 Å². The number of hydrogen-bond acceptors (Lipinski definition) is 3. The van der Waals surface area contributed by atoms with Gasteiger partial charge in [0.1, 0.15) is 5.01 Å². The fourth-order valence-electron chi connectivity index (χ4n) is 1.21. The maximum Gasteiger partial charge on any atom is 0.207 e. The van der Waals surface area contributed by atoms with Gasteiger partial charge in [-0.3, -0.25) is 0 Å². The van der Waals surface area contributed by atoms with Crippen LogP contribution in [-0.4, -0.2) is 10.2 Å². The maximum atomic E-state index is 5.74. The molecule has 0 unspecified atom stereocenters. The zero-order valence-corrected chi connectivity index (χ0v) is 10.4. The van der Waals surface area contributed by atoms with E-state index >= 15 is 0 Å². The third-order valence-corrected chi connectivity index (χ3v) is 3.53. The van der Waals surface area contributed by atoms with Crippen molar-refractivity contribution in [2.24, 2.45) is 0 Å². The molecular formula is C9H6BrClN2S. The zero-order chi connectivity index (χ0) is 10.1. The number of nitrogens with zero attached hydrogens (tertiary/aromatic N) is 2. The van der Waals surface area contributed by atoms with Crippen molar-refractivity contribution in [1.29, 1.82) is 0 Å². The van der Waals surface area contributed by atoms with Crippen LogP contribution in [0.1, 0.15) is 5.56 Å². The Balaban J connectivity index is 2.61. The molecule has 0 saturated carbocycles. The molecule has 1 heterocycles. The molecule has 0 N–H and O–H groups in total. The molecule has 0 atom stereocenters. The van der Waals surface area contributed by atoms with Gasteiger partial charge >= 0.3 is 0 Å². The van der Waals surface area contributed by atoms with Crippen molar-refractivity contribution < 1.29 is 0 Å². The number of rotatable bonds is 1. The summed E-state index contributed by atoms with van der Waals surface area (Å²) in [6.45, 7) is 2.04. The summed E-state index contributed by atoms with van der Waals surface area (Å²) in [6, 6.07) is 6.01. The minimum Gasteiger partial charge on any atom is -0.137 e. The second-order valence-electron chi connectivity index (χ2n) is 2.79. The van der Waals surface area contributed by atoms with E-state index in [1.54, 1.807) is 0 Å². The number of aromatic nitrogens is 2. The van der Waals surface area contributed by atoms with Crippen molar-refractivity contribution in [3.05, 3.63) is 32.7 Å². The lowest BCUT2D eigenvalue weighted by Crippen LogP contribution is -1.83. The van der Waals surface area contributed by atoms with E-state index in [2.05, 4.69) is 26.1 Å². The van der Waals surface area contributed by atoms with Crippen molar-refractivity contribution in [1.82, 2.24) is 10.2 Å². The number of aryl methyl sites for hydroxylation is 1. The fraction of sp³-hybridized carbons (Fsp3) is 0.111. The van der Waals surface area contributed by atoms with Gasteiger partial charge in [0.15, 0.2) is 0 Å². The van der Waals surface area contributed by atoms with Crippen LogP contribution in [-0.2, 0) is 0 Å². The van der Waals surface area contributed by atoms with Gasteiger partial charge in [-0.15, -0.1) is 10.2 Å². The number of hydrogen-bond donors (Lipinski definition) is 0. The molecule has 1 aromatic carbocycles. The van der Waals surface area contributed by atoms with Crippen LogP contribution in [0, 0.1) is 6.92 Å². The third-order valence-electron chi connectivity index (χ3n) is 1.84. The van der Waals surface area contributed by atoms with E-state index in [1.165, 1.54) is 11.3 Å². The van der Waals surface area contributed by atoms with Gasteiger partial charge in [0.25, 0.3) is 0 Å². The maximum absolute atomic E-state index is 5.74. The minimum atomic E-state index is 0.468. The highest BCUT2D eigenvalue weighted by Gasteiger charge is 2.10. The van der Waals surface area contributed by atoms with Gasteiger partial charge in [-0.25, -0.2) is 0 Å². The molecule has 14 heavy (non-hydrogen) atoms. The van der Waals surface area contributed by atoms with E-state index in [0.29, 0.717) is 4.47 Å². The van der Waals surface area contributed by atoms with Crippen LogP contribution in [0.4, 0.5) is 0 Å². The Morgan fingerprint density at radius 2 is 2.14 bits per heavy atom. The summed E-state index contributed by atoms with van der Waals surface area (Å²) in [5.74, 6) is 0. The average Bonchev–Trinajstić information content (AvgIpc) is 2.51. The first-order valence-corrected chi connectivity index (χ1v) is 5.91. The average molecular weight is 290 g/mol. The Kier molecular flexibility index (Phi) is 2.85. The number of halogens is 2. The highest BCUT2D eigenvalue weighted by atomic mass is 79.9. The monoisotopic (exact) mass is 288 g/mol. The lowest BCUT2D eigenvalue weighted by atomic mass is 10.1. The molecule has 0 aliphatic carbocycles. The largest absolute Gasteiger partial charge is 0.207 e. The predicted octanol–water partition coefficient (Wildman–Crippen LogP) is 3.93. The first kappa shape index (κ1) is 10.1. The fourth-order valence-corrected chi connectivity index (χ4v) is 2.95. The van der Waals surface area contributed by atoms with Crippen LogP contribution in [0.5, 0.6) is 0 Å². The summed E-state index contributed by atoms with van der Waals surface area (Å²) in [6.07, 6.45) is 0. The van der Waals surface area contributed by atoms with Gasteiger partial charge in [0, 0.05) is 10.0 Å². The topological polar surface area (TPSA) is 25.8 Å². The molecule has 2 rings (SSSR count). The van der Waals surface area contributed by atoms with Crippen LogP contribution in [0.15, 0.2) is 22.7 Å². The van der Waals surface area contributed by atoms with Crippen LogP contribution in [0.25, 0.3) is 10.6 Å². The van der Waals surface area contributed by atoms with E-state index in [4.69, 9.17) is 11.6 Å². The molecule has 5 heteroatoms. The Hall–Kier alpha value is -0.450. The Morgan fingerprint density at radius 3 is 2.71 bits per heavy atom. The first-order valence-electron chi connectivity index (χ1n) is 3.93. The van der Waals surface area contributed by atoms with Crippen LogP contribution in [0.2, 0.25) is 4.47 Å². The molecule has 0 aliphatic heterocycles. The Bertz CT molecular complexity index is 449. The Morgan fingerprint density at radius 1 is 1.36 bits per heavy atom. The second kappa shape index (κ2) is 3.96. The van der Waals surface area contributed by atoms with Gasteiger partial charge in [-0.05, 0) is 30.2 Å². The van der Waals surface area contributed by atoms with Crippen molar-refractivity contribution in [3.63, 3.8) is 0 Å². The molecule has 0 saturated heterocycles. The van der Waals surface area contributed by atoms with E-state index in [-0.39, 0.29) is 0 Å². The minimum absolute atomic E-state index is 0.468. The molecule has 0 bridgehead atoms. The molecule has 0 fully saturated rings. The van der Waals surface area contributed by atoms with Crippen LogP contribution < -0.4 is 0 Å². The van der Waals surface area contributed by atoms with Gasteiger partial charge in [-0.2, -0.15) is 0 Å². The molecule has 0 radical (unpaired) electrons. The predicted molar refractivity (Wildman–Crippen MR) is 62.8 cm³/mol. The summed E-state index contributed by atoms with van der Waals surface area (Å²) < 4.78 is 1.49. The smallest absolute Gasteiger partial charge is 0.137 e. The van der Waals surface area contributed by atoms with E-state index in [1.807, 2.05) is 25.1 Å². The normalized spacial score (nSPS) is 10.5. The number of benzene rings is 1. The molecule has 72 valence electrons. The quantitative estimate of drug-likeness (QED) is 0.795. The standard InChI is InChI=1S/C9H6BrClN2S/c1-5-3-2-4-6(10)7(5)8-12-13-9(11)14-8/h2-4H,1H3. The van der Waals surface area contributed by atoms with Crippen molar-refractivity contribution in [3.8, 4) is 10.6 Å². The molecule has 2 aromatic rings. The van der Waals surface area contributed by atoms with E-state index in [0.717, 1.165) is 20.6 Å². The molecule has 0 spiro atoms.